The molecule has 180 valence electrons. The number of nitrogens with two attached hydrogens (primary N) is 2. The summed E-state index contributed by atoms with van der Waals surface area (Å²) in [6.07, 6.45) is 2.17. The summed E-state index contributed by atoms with van der Waals surface area (Å²) in [5.74, 6) is -1.27. The van der Waals surface area contributed by atoms with Crippen LogP contribution in [0.3, 0.4) is 0 Å². The zero-order chi connectivity index (χ0) is 24.8. The number of carbonyl (C=O) groups is 1. The predicted molar refractivity (Wildman–Crippen MR) is 128 cm³/mol. The van der Waals surface area contributed by atoms with Crippen LogP contribution in [-0.4, -0.2) is 35.6 Å². The largest absolute Gasteiger partial charge is 0.497 e. The summed E-state index contributed by atoms with van der Waals surface area (Å²) in [6, 6.07) is 8.30. The van der Waals surface area contributed by atoms with E-state index in [9.17, 15) is 13.6 Å². The molecule has 0 bridgehead atoms. The summed E-state index contributed by atoms with van der Waals surface area (Å²) in [5, 5.41) is 5.97. The SMILES string of the molecule is COc1ccc(F)c(-c2cc(Nc3nc(NC(CN)CC(C)C)c(F)cc3C(N)=O)ccn2)c1. The van der Waals surface area contributed by atoms with E-state index in [0.717, 1.165) is 6.07 Å². The number of carbonyl (C=O) groups excluding carboxylic acids is 1. The number of ether oxygens (including phenoxy) is 1. The van der Waals surface area contributed by atoms with E-state index in [1.165, 1.54) is 31.5 Å². The van der Waals surface area contributed by atoms with Crippen LogP contribution >= 0.6 is 0 Å². The van der Waals surface area contributed by atoms with Crippen molar-refractivity contribution in [3.05, 3.63) is 59.8 Å². The number of primary amides is 1. The molecule has 10 heteroatoms. The first-order chi connectivity index (χ1) is 16.2. The van der Waals surface area contributed by atoms with Crippen molar-refractivity contribution < 1.29 is 18.3 Å². The van der Waals surface area contributed by atoms with E-state index >= 15 is 0 Å². The number of rotatable bonds is 10. The molecule has 34 heavy (non-hydrogen) atoms. The Hall–Kier alpha value is -3.79. The lowest BCUT2D eigenvalue weighted by Gasteiger charge is -2.21. The van der Waals surface area contributed by atoms with Crippen LogP contribution in [0.25, 0.3) is 11.3 Å². The minimum atomic E-state index is -0.855. The molecule has 8 nitrogen and oxygen atoms in total. The molecule has 3 rings (SSSR count). The summed E-state index contributed by atoms with van der Waals surface area (Å²) >= 11 is 0. The number of nitrogens with zero attached hydrogens (tertiary/aromatic N) is 2. The van der Waals surface area contributed by atoms with E-state index in [0.29, 0.717) is 29.5 Å². The molecule has 2 aromatic heterocycles. The number of anilines is 3. The van der Waals surface area contributed by atoms with Gasteiger partial charge in [-0.15, -0.1) is 0 Å². The monoisotopic (exact) mass is 470 g/mol. The quantitative estimate of drug-likeness (QED) is 0.352. The molecule has 0 aliphatic carbocycles. The number of aromatic nitrogens is 2. The molecule has 6 N–H and O–H groups in total. The Labute approximate surface area is 196 Å². The molecule has 0 aliphatic rings. The van der Waals surface area contributed by atoms with Gasteiger partial charge in [-0.1, -0.05) is 13.8 Å². The number of halogens is 2. The Morgan fingerprint density at radius 1 is 1.12 bits per heavy atom. The Kier molecular flexibility index (Phi) is 7.95. The van der Waals surface area contributed by atoms with Gasteiger partial charge in [-0.2, -0.15) is 0 Å². The van der Waals surface area contributed by atoms with Crippen LogP contribution in [0.4, 0.5) is 26.1 Å². The van der Waals surface area contributed by atoms with Crippen molar-refractivity contribution in [3.63, 3.8) is 0 Å². The highest BCUT2D eigenvalue weighted by atomic mass is 19.1. The van der Waals surface area contributed by atoms with Crippen LogP contribution < -0.4 is 26.8 Å². The van der Waals surface area contributed by atoms with Gasteiger partial charge < -0.3 is 26.8 Å². The Bertz CT molecular complexity index is 1170. The Morgan fingerprint density at radius 2 is 1.88 bits per heavy atom. The van der Waals surface area contributed by atoms with E-state index in [1.807, 2.05) is 13.8 Å². The molecule has 0 spiro atoms. The van der Waals surface area contributed by atoms with E-state index in [-0.39, 0.29) is 35.3 Å². The minimum absolute atomic E-state index is 0.0417. The van der Waals surface area contributed by atoms with Gasteiger partial charge in [0.2, 0.25) is 0 Å². The van der Waals surface area contributed by atoms with Crippen LogP contribution in [0.5, 0.6) is 5.75 Å². The zero-order valence-electron chi connectivity index (χ0n) is 19.2. The molecular weight excluding hydrogens is 442 g/mol. The third-order valence-electron chi connectivity index (χ3n) is 5.09. The first-order valence-corrected chi connectivity index (χ1v) is 10.8. The number of nitrogens with one attached hydrogen (secondary N) is 2. The molecule has 0 radical (unpaired) electrons. The van der Waals surface area contributed by atoms with Gasteiger partial charge in [-0.05, 0) is 48.7 Å². The second-order valence-electron chi connectivity index (χ2n) is 8.19. The highest BCUT2D eigenvalue weighted by Crippen LogP contribution is 2.29. The second kappa shape index (κ2) is 10.9. The lowest BCUT2D eigenvalue weighted by atomic mass is 10.0. The Morgan fingerprint density at radius 3 is 2.53 bits per heavy atom. The van der Waals surface area contributed by atoms with Crippen LogP contribution in [0.1, 0.15) is 30.6 Å². The molecule has 0 aliphatic heterocycles. The van der Waals surface area contributed by atoms with Gasteiger partial charge in [-0.3, -0.25) is 9.78 Å². The average molecular weight is 471 g/mol. The lowest BCUT2D eigenvalue weighted by Crippen LogP contribution is -2.31. The maximum atomic E-state index is 14.7. The van der Waals surface area contributed by atoms with Crippen LogP contribution in [0.2, 0.25) is 0 Å². The van der Waals surface area contributed by atoms with Crippen molar-refractivity contribution in [2.24, 2.45) is 17.4 Å². The second-order valence-corrected chi connectivity index (χ2v) is 8.19. The highest BCUT2D eigenvalue weighted by Gasteiger charge is 2.19. The highest BCUT2D eigenvalue weighted by molar-refractivity contribution is 5.98. The summed E-state index contributed by atoms with van der Waals surface area (Å²) in [7, 11) is 1.48. The van der Waals surface area contributed by atoms with E-state index in [4.69, 9.17) is 16.2 Å². The summed E-state index contributed by atoms with van der Waals surface area (Å²) in [5.41, 5.74) is 12.1. The molecule has 1 unspecified atom stereocenters. The number of benzene rings is 1. The summed E-state index contributed by atoms with van der Waals surface area (Å²) < 4.78 is 34.3. The van der Waals surface area contributed by atoms with Crippen molar-refractivity contribution in [2.75, 3.05) is 24.3 Å². The van der Waals surface area contributed by atoms with Crippen LogP contribution in [-0.2, 0) is 0 Å². The van der Waals surface area contributed by atoms with Crippen molar-refractivity contribution >= 4 is 23.2 Å². The van der Waals surface area contributed by atoms with Gasteiger partial charge in [0.1, 0.15) is 17.4 Å². The van der Waals surface area contributed by atoms with Crippen molar-refractivity contribution in [2.45, 2.75) is 26.3 Å². The molecule has 3 aromatic rings. The number of hydrogen-bond acceptors (Lipinski definition) is 7. The van der Waals surface area contributed by atoms with Crippen molar-refractivity contribution in [1.82, 2.24) is 9.97 Å². The minimum Gasteiger partial charge on any atom is -0.497 e. The number of methoxy groups -OCH3 is 1. The molecule has 0 saturated carbocycles. The van der Waals surface area contributed by atoms with Gasteiger partial charge in [0.15, 0.2) is 11.6 Å². The number of hydrogen-bond donors (Lipinski definition) is 4. The van der Waals surface area contributed by atoms with Crippen molar-refractivity contribution in [3.8, 4) is 17.0 Å². The molecule has 2 heterocycles. The maximum absolute atomic E-state index is 14.7. The van der Waals surface area contributed by atoms with Crippen molar-refractivity contribution in [1.29, 1.82) is 0 Å². The van der Waals surface area contributed by atoms with E-state index < -0.39 is 17.5 Å². The smallest absolute Gasteiger partial charge is 0.252 e. The van der Waals surface area contributed by atoms with Gasteiger partial charge in [0, 0.05) is 30.0 Å². The summed E-state index contributed by atoms with van der Waals surface area (Å²) in [4.78, 5) is 20.4. The predicted octanol–water partition coefficient (Wildman–Crippen LogP) is 4.06. The fourth-order valence-corrected chi connectivity index (χ4v) is 3.47. The number of amides is 1. The van der Waals surface area contributed by atoms with Crippen LogP contribution in [0.15, 0.2) is 42.6 Å². The fourth-order valence-electron chi connectivity index (χ4n) is 3.47. The molecule has 0 fully saturated rings. The van der Waals surface area contributed by atoms with Gasteiger partial charge in [0.25, 0.3) is 5.91 Å². The normalized spacial score (nSPS) is 11.9. The maximum Gasteiger partial charge on any atom is 0.252 e. The third kappa shape index (κ3) is 5.96. The van der Waals surface area contributed by atoms with Gasteiger partial charge in [0.05, 0.1) is 18.4 Å². The van der Waals surface area contributed by atoms with Gasteiger partial charge >= 0.3 is 0 Å². The fraction of sp³-hybridized carbons (Fsp3) is 0.292. The zero-order valence-corrected chi connectivity index (χ0v) is 19.2. The number of pyridine rings is 2. The van der Waals surface area contributed by atoms with Crippen LogP contribution in [0, 0.1) is 17.6 Å². The summed E-state index contributed by atoms with van der Waals surface area (Å²) in [6.45, 7) is 4.34. The first-order valence-electron chi connectivity index (χ1n) is 10.8. The molecule has 1 atom stereocenters. The molecular formula is C24H28F2N6O2. The molecule has 1 aromatic carbocycles. The first kappa shape index (κ1) is 24.8. The third-order valence-corrected chi connectivity index (χ3v) is 5.09. The van der Waals surface area contributed by atoms with E-state index in [1.54, 1.807) is 12.1 Å². The topological polar surface area (TPSA) is 128 Å². The van der Waals surface area contributed by atoms with Gasteiger partial charge in [-0.25, -0.2) is 13.8 Å². The Balaban J connectivity index is 1.97. The lowest BCUT2D eigenvalue weighted by molar-refractivity contribution is 0.100. The molecule has 0 saturated heterocycles. The molecule has 1 amide bonds. The van der Waals surface area contributed by atoms with E-state index in [2.05, 4.69) is 20.6 Å². The average Bonchev–Trinajstić information content (AvgIpc) is 2.80. The standard InChI is InChI=1S/C24H28F2N6O2/c1-13(2)8-15(12-27)31-24-20(26)11-18(22(28)33)23(32-24)30-14-6-7-29-21(9-14)17-10-16(34-3)4-5-19(17)25/h4-7,9-11,13,15H,8,12,27H2,1-3H3,(H2,28,33)(H2,29,30,31,32).